The summed E-state index contributed by atoms with van der Waals surface area (Å²) in [4.78, 5) is 30.6. The summed E-state index contributed by atoms with van der Waals surface area (Å²) < 4.78 is 0. The lowest BCUT2D eigenvalue weighted by Crippen LogP contribution is -2.50. The van der Waals surface area contributed by atoms with E-state index in [0.29, 0.717) is 18.7 Å². The summed E-state index contributed by atoms with van der Waals surface area (Å²) in [7, 11) is 3.56. The van der Waals surface area contributed by atoms with Crippen LogP contribution in [-0.2, 0) is 17.9 Å². The van der Waals surface area contributed by atoms with E-state index in [9.17, 15) is 9.59 Å². The summed E-state index contributed by atoms with van der Waals surface area (Å²) in [6, 6.07) is 15.4. The Bertz CT molecular complexity index is 847. The molecule has 2 aromatic carbocycles. The van der Waals surface area contributed by atoms with Crippen molar-refractivity contribution in [1.29, 1.82) is 0 Å². The van der Waals surface area contributed by atoms with Gasteiger partial charge < -0.3 is 10.2 Å². The number of carbonyl (C=O) groups is 2. The van der Waals surface area contributed by atoms with Crippen molar-refractivity contribution >= 4 is 23.4 Å². The fourth-order valence-electron chi connectivity index (χ4n) is 3.61. The molecule has 160 valence electrons. The van der Waals surface area contributed by atoms with E-state index < -0.39 is 0 Å². The average molecular weight is 429 g/mol. The minimum absolute atomic E-state index is 0.0970. The summed E-state index contributed by atoms with van der Waals surface area (Å²) in [5.41, 5.74) is 2.95. The van der Waals surface area contributed by atoms with Crippen LogP contribution in [0.1, 0.15) is 21.5 Å². The fourth-order valence-corrected chi connectivity index (χ4v) is 3.73. The molecule has 7 heteroatoms. The zero-order valence-electron chi connectivity index (χ0n) is 17.6. The van der Waals surface area contributed by atoms with E-state index >= 15 is 0 Å². The second-order valence-corrected chi connectivity index (χ2v) is 8.17. The summed E-state index contributed by atoms with van der Waals surface area (Å²) >= 11 is 5.95. The second kappa shape index (κ2) is 10.6. The van der Waals surface area contributed by atoms with Gasteiger partial charge in [0.05, 0.1) is 6.54 Å². The first-order valence-electron chi connectivity index (χ1n) is 10.2. The molecular formula is C23H29ClN4O2. The van der Waals surface area contributed by atoms with E-state index in [2.05, 4.69) is 22.3 Å². The highest BCUT2D eigenvalue weighted by Gasteiger charge is 2.22. The molecule has 1 heterocycles. The third-order valence-electron chi connectivity index (χ3n) is 5.35. The van der Waals surface area contributed by atoms with Crippen molar-refractivity contribution in [3.8, 4) is 0 Å². The van der Waals surface area contributed by atoms with Gasteiger partial charge in [-0.25, -0.2) is 0 Å². The SMILES string of the molecule is CNC(=O)c1ccc(CN(C)CC(=O)N2CCN(Cc3ccc(Cl)cc3)CC2)cc1. The van der Waals surface area contributed by atoms with E-state index in [1.54, 1.807) is 7.05 Å². The van der Waals surface area contributed by atoms with E-state index in [1.807, 2.05) is 53.2 Å². The molecule has 1 saturated heterocycles. The summed E-state index contributed by atoms with van der Waals surface area (Å²) in [5, 5.41) is 3.37. The van der Waals surface area contributed by atoms with Gasteiger partial charge in [-0.1, -0.05) is 35.9 Å². The van der Waals surface area contributed by atoms with Gasteiger partial charge in [-0.05, 0) is 42.4 Å². The number of rotatable bonds is 7. The lowest BCUT2D eigenvalue weighted by molar-refractivity contribution is -0.134. The fraction of sp³-hybridized carbons (Fsp3) is 0.391. The first-order valence-corrected chi connectivity index (χ1v) is 10.6. The number of nitrogens with one attached hydrogen (secondary N) is 1. The van der Waals surface area contributed by atoms with Crippen LogP contribution in [0.15, 0.2) is 48.5 Å². The third-order valence-corrected chi connectivity index (χ3v) is 5.60. The van der Waals surface area contributed by atoms with Crippen LogP contribution in [0.4, 0.5) is 0 Å². The Labute approximate surface area is 183 Å². The molecule has 0 aliphatic carbocycles. The monoisotopic (exact) mass is 428 g/mol. The highest BCUT2D eigenvalue weighted by molar-refractivity contribution is 6.30. The van der Waals surface area contributed by atoms with E-state index in [-0.39, 0.29) is 11.8 Å². The molecule has 0 radical (unpaired) electrons. The molecule has 0 bridgehead atoms. The smallest absolute Gasteiger partial charge is 0.251 e. The average Bonchev–Trinajstić information content (AvgIpc) is 2.75. The first-order chi connectivity index (χ1) is 14.4. The van der Waals surface area contributed by atoms with Crippen molar-refractivity contribution in [1.82, 2.24) is 20.0 Å². The standard InChI is InChI=1S/C23H29ClN4O2/c1-25-23(30)20-7-3-18(4-8-20)15-26(2)17-22(29)28-13-11-27(12-14-28)16-19-5-9-21(24)10-6-19/h3-10H,11-17H2,1-2H3,(H,25,30). The second-order valence-electron chi connectivity index (χ2n) is 7.73. The molecule has 0 aromatic heterocycles. The van der Waals surface area contributed by atoms with Gasteiger partial charge in [-0.2, -0.15) is 0 Å². The van der Waals surface area contributed by atoms with Crippen molar-refractivity contribution < 1.29 is 9.59 Å². The van der Waals surface area contributed by atoms with Crippen molar-refractivity contribution in [3.05, 3.63) is 70.2 Å². The molecule has 1 aliphatic rings. The van der Waals surface area contributed by atoms with Crippen LogP contribution in [0.2, 0.25) is 5.02 Å². The van der Waals surface area contributed by atoms with Crippen LogP contribution >= 0.6 is 11.6 Å². The van der Waals surface area contributed by atoms with Gasteiger partial charge in [0.15, 0.2) is 0 Å². The van der Waals surface area contributed by atoms with E-state index in [1.165, 1.54) is 5.56 Å². The molecule has 2 amide bonds. The predicted octanol–water partition coefficient (Wildman–Crippen LogP) is 2.48. The number of halogens is 1. The molecule has 1 aliphatic heterocycles. The number of benzene rings is 2. The summed E-state index contributed by atoms with van der Waals surface area (Å²) in [6.45, 7) is 5.18. The van der Waals surface area contributed by atoms with Crippen LogP contribution in [0.5, 0.6) is 0 Å². The molecule has 1 fully saturated rings. The quantitative estimate of drug-likeness (QED) is 0.736. The van der Waals surface area contributed by atoms with Crippen molar-refractivity contribution in [2.75, 3.05) is 46.8 Å². The van der Waals surface area contributed by atoms with Crippen LogP contribution in [0.25, 0.3) is 0 Å². The molecule has 0 atom stereocenters. The Morgan fingerprint density at radius 3 is 2.17 bits per heavy atom. The topological polar surface area (TPSA) is 55.9 Å². The largest absolute Gasteiger partial charge is 0.355 e. The lowest BCUT2D eigenvalue weighted by Gasteiger charge is -2.35. The normalized spacial score (nSPS) is 14.7. The maximum atomic E-state index is 12.7. The van der Waals surface area contributed by atoms with Gasteiger partial charge in [0.2, 0.25) is 5.91 Å². The third kappa shape index (κ3) is 6.29. The van der Waals surface area contributed by atoms with Gasteiger partial charge in [0.1, 0.15) is 0 Å². The highest BCUT2D eigenvalue weighted by atomic mass is 35.5. The van der Waals surface area contributed by atoms with Crippen molar-refractivity contribution in [2.45, 2.75) is 13.1 Å². The maximum absolute atomic E-state index is 12.7. The van der Waals surface area contributed by atoms with Gasteiger partial charge in [-0.15, -0.1) is 0 Å². The zero-order chi connectivity index (χ0) is 21.5. The van der Waals surface area contributed by atoms with Crippen LogP contribution in [0, 0.1) is 0 Å². The first kappa shape index (κ1) is 22.3. The van der Waals surface area contributed by atoms with Crippen LogP contribution < -0.4 is 5.32 Å². The Morgan fingerprint density at radius 1 is 0.967 bits per heavy atom. The van der Waals surface area contributed by atoms with Crippen molar-refractivity contribution in [2.24, 2.45) is 0 Å². The van der Waals surface area contributed by atoms with Gasteiger partial charge >= 0.3 is 0 Å². The van der Waals surface area contributed by atoms with E-state index in [4.69, 9.17) is 11.6 Å². The Hall–Kier alpha value is -2.41. The minimum Gasteiger partial charge on any atom is -0.355 e. The molecule has 6 nitrogen and oxygen atoms in total. The number of hydrogen-bond acceptors (Lipinski definition) is 4. The van der Waals surface area contributed by atoms with Crippen LogP contribution in [0.3, 0.4) is 0 Å². The molecule has 0 saturated carbocycles. The van der Waals surface area contributed by atoms with Crippen molar-refractivity contribution in [3.63, 3.8) is 0 Å². The number of likely N-dealkylation sites (N-methyl/N-ethyl adjacent to an activating group) is 1. The predicted molar refractivity (Wildman–Crippen MR) is 119 cm³/mol. The molecule has 2 aromatic rings. The van der Waals surface area contributed by atoms with Gasteiger partial charge in [0, 0.05) is 56.9 Å². The molecule has 3 rings (SSSR count). The Morgan fingerprint density at radius 2 is 1.57 bits per heavy atom. The van der Waals surface area contributed by atoms with Gasteiger partial charge in [-0.3, -0.25) is 19.4 Å². The zero-order valence-corrected chi connectivity index (χ0v) is 18.4. The number of nitrogens with zero attached hydrogens (tertiary/aromatic N) is 3. The minimum atomic E-state index is -0.0970. The number of piperazine rings is 1. The number of hydrogen-bond donors (Lipinski definition) is 1. The molecule has 1 N–H and O–H groups in total. The molecular weight excluding hydrogens is 400 g/mol. The molecule has 0 unspecified atom stereocenters. The number of amides is 2. The van der Waals surface area contributed by atoms with Crippen LogP contribution in [-0.4, -0.2) is 73.3 Å². The molecule has 0 spiro atoms. The Balaban J connectivity index is 1.42. The van der Waals surface area contributed by atoms with Gasteiger partial charge in [0.25, 0.3) is 5.91 Å². The molecule has 30 heavy (non-hydrogen) atoms. The maximum Gasteiger partial charge on any atom is 0.251 e. The Kier molecular flexibility index (Phi) is 7.85. The van der Waals surface area contributed by atoms with E-state index in [0.717, 1.165) is 43.3 Å². The highest BCUT2D eigenvalue weighted by Crippen LogP contribution is 2.13. The summed E-state index contributed by atoms with van der Waals surface area (Å²) in [6.07, 6.45) is 0. The summed E-state index contributed by atoms with van der Waals surface area (Å²) in [5.74, 6) is 0.0610. The lowest BCUT2D eigenvalue weighted by atomic mass is 10.1. The number of carbonyl (C=O) groups excluding carboxylic acids is 2.